The average molecular weight is 1280 g/mol. The molecule has 2 aliphatic carbocycles. The van der Waals surface area contributed by atoms with E-state index >= 15 is 0 Å². The van der Waals surface area contributed by atoms with Gasteiger partial charge in [0.15, 0.2) is 0 Å². The van der Waals surface area contributed by atoms with E-state index < -0.39 is 102 Å². The maximum Gasteiger partial charge on any atom is 0.330 e. The van der Waals surface area contributed by atoms with Crippen molar-refractivity contribution in [1.29, 1.82) is 5.26 Å². The van der Waals surface area contributed by atoms with Gasteiger partial charge in [0.2, 0.25) is 0 Å². The number of hydrogen-bond donors (Lipinski definition) is 0. The highest BCUT2D eigenvalue weighted by Gasteiger charge is 2.37. The Labute approximate surface area is 529 Å². The Kier molecular flexibility index (Phi) is 28.1. The lowest BCUT2D eigenvalue weighted by Gasteiger charge is -2.26. The zero-order valence-electron chi connectivity index (χ0n) is 50.1. The molecule has 0 amide bonds. The number of carbonyl (C=O) groups is 10. The van der Waals surface area contributed by atoms with E-state index in [4.69, 9.17) is 58.7 Å². The van der Waals surface area contributed by atoms with Gasteiger partial charge in [0.1, 0.15) is 47.9 Å². The highest BCUT2D eigenvalue weighted by atomic mass is 32.2. The lowest BCUT2D eigenvalue weighted by molar-refractivity contribution is -0.157. The summed E-state index contributed by atoms with van der Waals surface area (Å²) in [7, 11) is 0. The zero-order valence-corrected chi connectivity index (χ0v) is 51.7. The fourth-order valence-electron chi connectivity index (χ4n) is 9.35. The maximum atomic E-state index is 13.7. The first-order chi connectivity index (χ1) is 43.2. The predicted octanol–water partition coefficient (Wildman–Crippen LogP) is 9.59. The van der Waals surface area contributed by atoms with Gasteiger partial charge in [-0.3, -0.25) is 38.4 Å². The number of nitrogens with zero attached hydrogens (tertiary/aromatic N) is 2. The summed E-state index contributed by atoms with van der Waals surface area (Å²) >= 11 is 2.11. The van der Waals surface area contributed by atoms with Gasteiger partial charge in [-0.1, -0.05) is 60.9 Å². The van der Waals surface area contributed by atoms with E-state index in [2.05, 4.69) is 18.0 Å². The van der Waals surface area contributed by atoms with E-state index in [0.717, 1.165) is 46.8 Å². The fourth-order valence-corrected chi connectivity index (χ4v) is 11.8. The van der Waals surface area contributed by atoms with Crippen molar-refractivity contribution < 1.29 is 100 Å². The number of rotatable bonds is 31. The number of allylic oxidation sites excluding steroid dienone is 1. The molecular formula is C65H70N2O21S2. The average Bonchev–Trinajstić information content (AvgIpc) is 1.78. The standard InChI is InChI=1S/C65H70N2O21S2/c1-7-53(68)81-38-41(5)84-58(73)30-28-56(71)80-34-32-43-11-23-49(24-12-43)86-62(75)45-15-19-47(20-16-45)64(77)88-52-26-25-51(59-60(52)90-65(89-59)50(35-66)67-6)87-63(76)46-17-13-44(14-18-46)61(74)85-48-21-9-42(10-22-48)31-33-79-55(70)27-29-57(72)83-40(4)37-78-36-39(3)82-54(69)8-2/h7-12,21-26,39-41,44-47H,1-2,13-20,27-34,36-38H2,3-5H3/b65-50-. The molecule has 478 valence electrons. The Morgan fingerprint density at radius 2 is 0.889 bits per heavy atom. The van der Waals surface area contributed by atoms with Gasteiger partial charge < -0.3 is 52.1 Å². The molecule has 3 unspecified atom stereocenters. The number of esters is 10. The second-order valence-electron chi connectivity index (χ2n) is 21.2. The van der Waals surface area contributed by atoms with Crippen LogP contribution in [0.3, 0.4) is 0 Å². The van der Waals surface area contributed by atoms with Crippen LogP contribution in [0.5, 0.6) is 23.0 Å². The van der Waals surface area contributed by atoms with Crippen molar-refractivity contribution in [3.8, 4) is 29.1 Å². The Morgan fingerprint density at radius 1 is 0.522 bits per heavy atom. The van der Waals surface area contributed by atoms with Gasteiger partial charge in [-0.05, 0) is 120 Å². The molecule has 90 heavy (non-hydrogen) atoms. The van der Waals surface area contributed by atoms with Crippen LogP contribution >= 0.6 is 23.5 Å². The summed E-state index contributed by atoms with van der Waals surface area (Å²) in [5, 5.41) is 9.72. The molecule has 0 bridgehead atoms. The van der Waals surface area contributed by atoms with Gasteiger partial charge in [-0.25, -0.2) is 19.7 Å². The molecule has 0 N–H and O–H groups in total. The highest BCUT2D eigenvalue weighted by molar-refractivity contribution is 8.24. The van der Waals surface area contributed by atoms with E-state index in [0.29, 0.717) is 89.7 Å². The van der Waals surface area contributed by atoms with Crippen LogP contribution in [0.2, 0.25) is 0 Å². The van der Waals surface area contributed by atoms with Gasteiger partial charge >= 0.3 is 59.7 Å². The Hall–Kier alpha value is -8.78. The number of hydrogen-bond acceptors (Lipinski definition) is 24. The largest absolute Gasteiger partial charge is 0.465 e. The van der Waals surface area contributed by atoms with Crippen LogP contribution in [-0.2, 0) is 93.9 Å². The quantitative estimate of drug-likeness (QED) is 0.0144. The number of ether oxygens (including phenoxy) is 11. The molecule has 1 heterocycles. The van der Waals surface area contributed by atoms with E-state index in [1.165, 1.54) is 12.1 Å². The van der Waals surface area contributed by atoms with E-state index in [1.54, 1.807) is 69.3 Å². The molecule has 0 spiro atoms. The van der Waals surface area contributed by atoms with Crippen LogP contribution in [0.15, 0.2) is 106 Å². The SMILES string of the molecule is [C-]#[N+]/C(C#N)=C1/Sc2c(OC(=O)C3CCC(C(=O)Oc4ccc(CCOC(=O)CCC(=O)OC(C)COCC(C)OC(=O)C=C)cc4)CC3)ccc(OC(=O)C3CCC(C(=O)Oc4ccc(CCOC(=O)CCC(=O)OC(C)COC(=O)C=C)cc4)CC3)c2S1. The van der Waals surface area contributed by atoms with Crippen molar-refractivity contribution in [3.05, 3.63) is 118 Å². The lowest BCUT2D eigenvalue weighted by Crippen LogP contribution is -2.30. The van der Waals surface area contributed by atoms with Crippen LogP contribution in [-0.4, -0.2) is 111 Å². The molecule has 0 aromatic heterocycles. The summed E-state index contributed by atoms with van der Waals surface area (Å²) in [5.74, 6) is -6.69. The fraction of sp³-hybridized carbons (Fsp3) is 0.446. The summed E-state index contributed by atoms with van der Waals surface area (Å²) in [4.78, 5) is 129. The summed E-state index contributed by atoms with van der Waals surface area (Å²) < 4.78 is 59.7. The van der Waals surface area contributed by atoms with Crippen molar-refractivity contribution in [1.82, 2.24) is 0 Å². The molecule has 3 aromatic carbocycles. The third-order valence-electron chi connectivity index (χ3n) is 14.2. The van der Waals surface area contributed by atoms with Crippen molar-refractivity contribution in [2.24, 2.45) is 23.7 Å². The van der Waals surface area contributed by atoms with Gasteiger partial charge in [0.25, 0.3) is 5.70 Å². The second kappa shape index (κ2) is 36.0. The number of nitriles is 1. The zero-order chi connectivity index (χ0) is 65.1. The monoisotopic (exact) mass is 1280 g/mol. The normalized spacial score (nSPS) is 18.1. The van der Waals surface area contributed by atoms with E-state index in [9.17, 15) is 53.2 Å². The Morgan fingerprint density at radius 3 is 1.27 bits per heavy atom. The Bertz CT molecular complexity index is 3210. The number of carbonyl (C=O) groups excluding carboxylic acids is 10. The van der Waals surface area contributed by atoms with E-state index in [-0.39, 0.29) is 75.9 Å². The van der Waals surface area contributed by atoms with Crippen molar-refractivity contribution in [2.45, 2.75) is 139 Å². The van der Waals surface area contributed by atoms with Gasteiger partial charge in [-0.2, -0.15) is 0 Å². The number of benzene rings is 3. The van der Waals surface area contributed by atoms with Crippen molar-refractivity contribution >= 4 is 83.2 Å². The minimum Gasteiger partial charge on any atom is -0.465 e. The summed E-state index contributed by atoms with van der Waals surface area (Å²) in [6.45, 7) is 19.1. The second-order valence-corrected chi connectivity index (χ2v) is 23.5. The topological polar surface area (TPSA) is 300 Å². The summed E-state index contributed by atoms with van der Waals surface area (Å²) in [6, 6.07) is 18.3. The highest BCUT2D eigenvalue weighted by Crippen LogP contribution is 2.59. The summed E-state index contributed by atoms with van der Waals surface area (Å²) in [6.07, 6.45) is 3.00. The smallest absolute Gasteiger partial charge is 0.330 e. The van der Waals surface area contributed by atoms with Gasteiger partial charge in [0, 0.05) is 25.0 Å². The molecule has 0 saturated heterocycles. The molecule has 1 aliphatic heterocycles. The minimum absolute atomic E-state index is 0.0479. The third-order valence-corrected chi connectivity index (χ3v) is 16.8. The van der Waals surface area contributed by atoms with Crippen LogP contribution in [0.4, 0.5) is 0 Å². The third kappa shape index (κ3) is 23.0. The molecule has 2 fully saturated rings. The van der Waals surface area contributed by atoms with Crippen LogP contribution in [0.25, 0.3) is 4.85 Å². The first kappa shape index (κ1) is 70.3. The predicted molar refractivity (Wildman–Crippen MR) is 320 cm³/mol. The molecule has 3 aromatic rings. The molecule has 0 radical (unpaired) electrons. The lowest BCUT2D eigenvalue weighted by atomic mass is 9.82. The molecule has 23 nitrogen and oxygen atoms in total. The maximum absolute atomic E-state index is 13.7. The van der Waals surface area contributed by atoms with Crippen LogP contribution in [0.1, 0.15) is 109 Å². The van der Waals surface area contributed by atoms with Crippen molar-refractivity contribution in [2.75, 3.05) is 33.0 Å². The molecular weight excluding hydrogens is 1210 g/mol. The Balaban J connectivity index is 0.885. The first-order valence-electron chi connectivity index (χ1n) is 29.2. The molecule has 3 atom stereocenters. The van der Waals surface area contributed by atoms with E-state index in [1.807, 2.05) is 6.07 Å². The summed E-state index contributed by atoms with van der Waals surface area (Å²) in [5.41, 5.74) is 1.42. The van der Waals surface area contributed by atoms with Gasteiger partial charge in [-0.15, -0.1) is 0 Å². The molecule has 3 aliphatic rings. The molecule has 2 saturated carbocycles. The molecule has 25 heteroatoms. The van der Waals surface area contributed by atoms with Crippen LogP contribution in [0, 0.1) is 41.6 Å². The van der Waals surface area contributed by atoms with Crippen molar-refractivity contribution in [3.63, 3.8) is 0 Å². The molecule has 6 rings (SSSR count). The number of thioether (sulfide) groups is 2. The van der Waals surface area contributed by atoms with Gasteiger partial charge in [0.05, 0.1) is 102 Å². The first-order valence-corrected chi connectivity index (χ1v) is 30.9. The minimum atomic E-state index is -0.700. The number of fused-ring (bicyclic) bond motifs is 1. The van der Waals surface area contributed by atoms with Crippen LogP contribution < -0.4 is 18.9 Å².